The Morgan fingerprint density at radius 1 is 1.11 bits per heavy atom. The predicted octanol–water partition coefficient (Wildman–Crippen LogP) is 3.35. The zero-order chi connectivity index (χ0) is 13.8. The van der Waals surface area contributed by atoms with Gasteiger partial charge in [0.05, 0.1) is 17.8 Å². The first-order chi connectivity index (χ1) is 8.28. The molecular weight excluding hydrogens is 228 g/mol. The molecule has 0 N–H and O–H groups in total. The molecule has 0 aliphatic heterocycles. The molecule has 0 amide bonds. The lowest BCUT2D eigenvalue weighted by Crippen LogP contribution is -2.33. The molecule has 0 saturated heterocycles. The van der Waals surface area contributed by atoms with Gasteiger partial charge in [-0.2, -0.15) is 0 Å². The van der Waals surface area contributed by atoms with Gasteiger partial charge in [-0.15, -0.1) is 0 Å². The Hall–Kier alpha value is -0.410. The highest BCUT2D eigenvalue weighted by Gasteiger charge is 2.26. The van der Waals surface area contributed by atoms with Crippen molar-refractivity contribution >= 4 is 5.78 Å². The van der Waals surface area contributed by atoms with Gasteiger partial charge < -0.3 is 9.47 Å². The van der Waals surface area contributed by atoms with Crippen LogP contribution in [0, 0.1) is 5.92 Å². The summed E-state index contributed by atoms with van der Waals surface area (Å²) in [6.45, 7) is 10.4. The topological polar surface area (TPSA) is 35.5 Å². The zero-order valence-corrected chi connectivity index (χ0v) is 12.5. The molecule has 0 bridgehead atoms. The molecule has 1 saturated carbocycles. The minimum Gasteiger partial charge on any atom is -0.373 e. The molecule has 0 heterocycles. The van der Waals surface area contributed by atoms with Crippen molar-refractivity contribution in [1.29, 1.82) is 0 Å². The van der Waals surface area contributed by atoms with Gasteiger partial charge in [-0.3, -0.25) is 4.79 Å². The van der Waals surface area contributed by atoms with Gasteiger partial charge in [-0.1, -0.05) is 13.8 Å². The van der Waals surface area contributed by atoms with Crippen LogP contribution >= 0.6 is 0 Å². The minimum absolute atomic E-state index is 0.0635. The average molecular weight is 256 g/mol. The Balaban J connectivity index is 2.21. The highest BCUT2D eigenvalue weighted by Crippen LogP contribution is 2.26. The highest BCUT2D eigenvalue weighted by atomic mass is 16.5. The smallest absolute Gasteiger partial charge is 0.160 e. The lowest BCUT2D eigenvalue weighted by molar-refractivity contribution is -0.131. The maximum Gasteiger partial charge on any atom is 0.160 e. The van der Waals surface area contributed by atoms with Crippen molar-refractivity contribution in [3.05, 3.63) is 0 Å². The summed E-state index contributed by atoms with van der Waals surface area (Å²) in [5, 5.41) is 0. The fourth-order valence-corrected chi connectivity index (χ4v) is 2.18. The van der Waals surface area contributed by atoms with Crippen LogP contribution in [0.1, 0.15) is 60.3 Å². The predicted molar refractivity (Wildman–Crippen MR) is 72.7 cm³/mol. The maximum atomic E-state index is 11.5. The lowest BCUT2D eigenvalue weighted by atomic mass is 9.94. The van der Waals surface area contributed by atoms with Crippen LogP contribution in [0.15, 0.2) is 0 Å². The van der Waals surface area contributed by atoms with Crippen molar-refractivity contribution in [2.24, 2.45) is 5.92 Å². The normalized spacial score (nSPS) is 25.4. The molecule has 0 atom stereocenters. The average Bonchev–Trinajstić information content (AvgIpc) is 2.25. The third kappa shape index (κ3) is 5.96. The molecule has 0 radical (unpaired) electrons. The molecule has 0 aromatic heterocycles. The van der Waals surface area contributed by atoms with Crippen LogP contribution in [0.2, 0.25) is 0 Å². The van der Waals surface area contributed by atoms with Gasteiger partial charge in [-0.05, 0) is 46.5 Å². The van der Waals surface area contributed by atoms with E-state index in [1.165, 1.54) is 0 Å². The van der Waals surface area contributed by atoms with Gasteiger partial charge in [0.1, 0.15) is 6.61 Å². The van der Waals surface area contributed by atoms with Crippen LogP contribution in [-0.2, 0) is 14.3 Å². The number of Topliss-reactive ketones (excluding diaryl/α,β-unsaturated/α-hetero) is 1. The third-order valence-corrected chi connectivity index (χ3v) is 3.25. The van der Waals surface area contributed by atoms with E-state index in [4.69, 9.17) is 9.47 Å². The van der Waals surface area contributed by atoms with E-state index in [0.717, 1.165) is 25.7 Å². The number of carbonyl (C=O) groups excluding carboxylic acids is 1. The number of carbonyl (C=O) groups is 1. The molecule has 0 unspecified atom stereocenters. The van der Waals surface area contributed by atoms with E-state index in [2.05, 4.69) is 20.8 Å². The maximum absolute atomic E-state index is 11.5. The molecule has 3 heteroatoms. The van der Waals surface area contributed by atoms with Crippen molar-refractivity contribution in [1.82, 2.24) is 0 Å². The van der Waals surface area contributed by atoms with Crippen LogP contribution in [-0.4, -0.2) is 30.2 Å². The fourth-order valence-electron chi connectivity index (χ4n) is 2.18. The Bertz CT molecular complexity index is 257. The number of ether oxygens (including phenoxy) is 2. The number of hydrogen-bond donors (Lipinski definition) is 0. The third-order valence-electron chi connectivity index (χ3n) is 3.25. The van der Waals surface area contributed by atoms with Crippen LogP contribution in [0.4, 0.5) is 0 Å². The Morgan fingerprint density at radius 3 is 2.06 bits per heavy atom. The largest absolute Gasteiger partial charge is 0.373 e. The van der Waals surface area contributed by atoms with E-state index >= 15 is 0 Å². The van der Waals surface area contributed by atoms with Crippen molar-refractivity contribution < 1.29 is 14.3 Å². The molecule has 3 nitrogen and oxygen atoms in total. The number of ketones is 1. The Labute approximate surface area is 111 Å². The van der Waals surface area contributed by atoms with Gasteiger partial charge in [0.2, 0.25) is 0 Å². The van der Waals surface area contributed by atoms with Crippen LogP contribution in [0.3, 0.4) is 0 Å². The van der Waals surface area contributed by atoms with Crippen LogP contribution < -0.4 is 0 Å². The van der Waals surface area contributed by atoms with Gasteiger partial charge in [0.15, 0.2) is 5.78 Å². The second kappa shape index (κ2) is 6.67. The Morgan fingerprint density at radius 2 is 1.61 bits per heavy atom. The molecule has 1 rings (SSSR count). The Kier molecular flexibility index (Phi) is 5.80. The molecule has 18 heavy (non-hydrogen) atoms. The summed E-state index contributed by atoms with van der Waals surface area (Å²) >= 11 is 0. The summed E-state index contributed by atoms with van der Waals surface area (Å²) in [5.74, 6) is 0.272. The summed E-state index contributed by atoms with van der Waals surface area (Å²) < 4.78 is 11.6. The van der Waals surface area contributed by atoms with Crippen LogP contribution in [0.5, 0.6) is 0 Å². The SMILES string of the molecule is CC(C)C(=O)COC1CCC(OC(C)(C)C)CC1. The first kappa shape index (κ1) is 15.6. The standard InChI is InChI=1S/C15H28O3/c1-11(2)14(16)10-17-12-6-8-13(9-7-12)18-15(3,4)5/h11-13H,6-10H2,1-5H3. The summed E-state index contributed by atoms with van der Waals surface area (Å²) in [7, 11) is 0. The molecular formula is C15H28O3. The quantitative estimate of drug-likeness (QED) is 0.756. The lowest BCUT2D eigenvalue weighted by Gasteiger charge is -2.33. The molecule has 106 valence electrons. The molecule has 0 aromatic rings. The van der Waals surface area contributed by atoms with Crippen LogP contribution in [0.25, 0.3) is 0 Å². The van der Waals surface area contributed by atoms with E-state index in [9.17, 15) is 4.79 Å². The van der Waals surface area contributed by atoms with Gasteiger partial charge in [0, 0.05) is 5.92 Å². The second-order valence-corrected chi connectivity index (χ2v) is 6.56. The molecule has 1 aliphatic rings. The highest BCUT2D eigenvalue weighted by molar-refractivity contribution is 5.81. The van der Waals surface area contributed by atoms with Gasteiger partial charge in [-0.25, -0.2) is 0 Å². The molecule has 1 aliphatic carbocycles. The number of hydrogen-bond acceptors (Lipinski definition) is 3. The van der Waals surface area contributed by atoms with Crippen molar-refractivity contribution in [3.63, 3.8) is 0 Å². The summed E-state index contributed by atoms with van der Waals surface area (Å²) in [5.41, 5.74) is -0.0635. The molecule has 0 aromatic carbocycles. The van der Waals surface area contributed by atoms with Crippen molar-refractivity contribution in [2.45, 2.75) is 78.1 Å². The monoisotopic (exact) mass is 256 g/mol. The molecule has 1 fully saturated rings. The van der Waals surface area contributed by atoms with E-state index in [1.807, 2.05) is 13.8 Å². The van der Waals surface area contributed by atoms with E-state index in [1.54, 1.807) is 0 Å². The van der Waals surface area contributed by atoms with Gasteiger partial charge >= 0.3 is 0 Å². The minimum atomic E-state index is -0.0635. The summed E-state index contributed by atoms with van der Waals surface area (Å²) in [6, 6.07) is 0. The van der Waals surface area contributed by atoms with E-state index in [0.29, 0.717) is 6.10 Å². The summed E-state index contributed by atoms with van der Waals surface area (Å²) in [6.07, 6.45) is 4.69. The zero-order valence-electron chi connectivity index (χ0n) is 12.5. The first-order valence-corrected chi connectivity index (χ1v) is 7.10. The fraction of sp³-hybridized carbons (Fsp3) is 0.933. The van der Waals surface area contributed by atoms with Crippen molar-refractivity contribution in [3.8, 4) is 0 Å². The van der Waals surface area contributed by atoms with E-state index < -0.39 is 0 Å². The first-order valence-electron chi connectivity index (χ1n) is 7.10. The summed E-state index contributed by atoms with van der Waals surface area (Å²) in [4.78, 5) is 11.5. The second-order valence-electron chi connectivity index (χ2n) is 6.56. The van der Waals surface area contributed by atoms with Crippen molar-refractivity contribution in [2.75, 3.05) is 6.61 Å². The molecule has 0 spiro atoms. The van der Waals surface area contributed by atoms with Gasteiger partial charge in [0.25, 0.3) is 0 Å². The van der Waals surface area contributed by atoms with E-state index in [-0.39, 0.29) is 30.0 Å². The number of rotatable bonds is 5.